The molecule has 1 atom stereocenters. The smallest absolute Gasteiger partial charge is 0.270 e. The second kappa shape index (κ2) is 5.91. The van der Waals surface area contributed by atoms with Crippen LogP contribution in [-0.2, 0) is 6.54 Å². The van der Waals surface area contributed by atoms with Gasteiger partial charge in [0, 0.05) is 18.5 Å². The summed E-state index contributed by atoms with van der Waals surface area (Å²) in [5.74, 6) is 1.10. The highest BCUT2D eigenvalue weighted by molar-refractivity contribution is 6.00. The normalized spacial score (nSPS) is 21.1. The molecule has 4 nitrogen and oxygen atoms in total. The lowest BCUT2D eigenvalue weighted by molar-refractivity contribution is 0.0745. The van der Waals surface area contributed by atoms with Crippen molar-refractivity contribution >= 4 is 16.8 Å². The zero-order valence-corrected chi connectivity index (χ0v) is 13.8. The predicted octanol–water partition coefficient (Wildman–Crippen LogP) is 3.83. The Labute approximate surface area is 137 Å². The van der Waals surface area contributed by atoms with E-state index in [4.69, 9.17) is 4.74 Å². The fourth-order valence-corrected chi connectivity index (χ4v) is 3.82. The Hall–Kier alpha value is -1.97. The van der Waals surface area contributed by atoms with Gasteiger partial charge in [0.05, 0.1) is 12.1 Å². The Morgan fingerprint density at radius 2 is 2.00 bits per heavy atom. The van der Waals surface area contributed by atoms with E-state index in [0.29, 0.717) is 0 Å². The minimum Gasteiger partial charge on any atom is -0.486 e. The SMILES string of the molecule is CC[C@H]1Cn2c(C(=O)N3CCCCCC3)cc3cccc(c32)O1. The molecule has 122 valence electrons. The average molecular weight is 312 g/mol. The number of carbonyl (C=O) groups excluding carboxylic acids is 1. The quantitative estimate of drug-likeness (QED) is 0.844. The number of para-hydroxylation sites is 1. The lowest BCUT2D eigenvalue weighted by Gasteiger charge is -2.27. The number of benzene rings is 1. The number of likely N-dealkylation sites (tertiary alicyclic amines) is 1. The molecule has 4 rings (SSSR count). The van der Waals surface area contributed by atoms with Crippen molar-refractivity contribution in [3.05, 3.63) is 30.0 Å². The van der Waals surface area contributed by atoms with Crippen LogP contribution in [-0.4, -0.2) is 34.6 Å². The van der Waals surface area contributed by atoms with Crippen LogP contribution in [0, 0.1) is 0 Å². The summed E-state index contributed by atoms with van der Waals surface area (Å²) in [4.78, 5) is 15.1. The van der Waals surface area contributed by atoms with E-state index in [1.807, 2.05) is 23.1 Å². The Morgan fingerprint density at radius 3 is 2.74 bits per heavy atom. The summed E-state index contributed by atoms with van der Waals surface area (Å²) in [5.41, 5.74) is 1.91. The molecule has 1 fully saturated rings. The maximum Gasteiger partial charge on any atom is 0.270 e. The minimum absolute atomic E-state index is 0.149. The molecule has 2 aliphatic heterocycles. The first kappa shape index (κ1) is 14.6. The van der Waals surface area contributed by atoms with Gasteiger partial charge in [-0.25, -0.2) is 0 Å². The number of hydrogen-bond acceptors (Lipinski definition) is 2. The number of ether oxygens (including phenoxy) is 1. The molecule has 1 amide bonds. The molecule has 0 saturated carbocycles. The second-order valence-corrected chi connectivity index (χ2v) is 6.69. The first-order chi connectivity index (χ1) is 11.3. The third kappa shape index (κ3) is 2.50. The number of carbonyl (C=O) groups is 1. The van der Waals surface area contributed by atoms with Gasteiger partial charge in [-0.15, -0.1) is 0 Å². The van der Waals surface area contributed by atoms with E-state index in [-0.39, 0.29) is 12.0 Å². The monoisotopic (exact) mass is 312 g/mol. The number of hydrogen-bond donors (Lipinski definition) is 0. The molecule has 0 N–H and O–H groups in total. The van der Waals surface area contributed by atoms with E-state index in [9.17, 15) is 4.79 Å². The van der Waals surface area contributed by atoms with Crippen molar-refractivity contribution in [3.63, 3.8) is 0 Å². The summed E-state index contributed by atoms with van der Waals surface area (Å²) in [6.45, 7) is 4.68. The van der Waals surface area contributed by atoms with Crippen LogP contribution < -0.4 is 4.74 Å². The summed E-state index contributed by atoms with van der Waals surface area (Å²) in [6.07, 6.45) is 5.82. The van der Waals surface area contributed by atoms with Gasteiger partial charge in [0.2, 0.25) is 0 Å². The largest absolute Gasteiger partial charge is 0.486 e. The summed E-state index contributed by atoms with van der Waals surface area (Å²) in [5, 5.41) is 1.11. The highest BCUT2D eigenvalue weighted by Gasteiger charge is 2.28. The van der Waals surface area contributed by atoms with Crippen molar-refractivity contribution in [2.75, 3.05) is 13.1 Å². The lowest BCUT2D eigenvalue weighted by Crippen LogP contribution is -2.35. The number of nitrogens with zero attached hydrogens (tertiary/aromatic N) is 2. The molecule has 2 aliphatic rings. The van der Waals surface area contributed by atoms with E-state index >= 15 is 0 Å². The zero-order chi connectivity index (χ0) is 15.8. The fraction of sp³-hybridized carbons (Fsp3) is 0.526. The molecule has 1 aromatic carbocycles. The molecule has 3 heterocycles. The van der Waals surface area contributed by atoms with Gasteiger partial charge in [-0.1, -0.05) is 31.9 Å². The third-order valence-electron chi connectivity index (χ3n) is 5.13. The summed E-state index contributed by atoms with van der Waals surface area (Å²) >= 11 is 0. The van der Waals surface area contributed by atoms with Gasteiger partial charge in [0.25, 0.3) is 5.91 Å². The van der Waals surface area contributed by atoms with Gasteiger partial charge in [-0.05, 0) is 31.4 Å². The maximum absolute atomic E-state index is 13.1. The van der Waals surface area contributed by atoms with Crippen molar-refractivity contribution in [1.29, 1.82) is 0 Å². The van der Waals surface area contributed by atoms with Crippen molar-refractivity contribution < 1.29 is 9.53 Å². The second-order valence-electron chi connectivity index (χ2n) is 6.69. The van der Waals surface area contributed by atoms with Crippen LogP contribution in [0.2, 0.25) is 0 Å². The van der Waals surface area contributed by atoms with Crippen molar-refractivity contribution in [2.45, 2.75) is 51.7 Å². The van der Waals surface area contributed by atoms with Gasteiger partial charge in [-0.2, -0.15) is 0 Å². The Kier molecular flexibility index (Phi) is 3.76. The van der Waals surface area contributed by atoms with Gasteiger partial charge in [0.1, 0.15) is 17.5 Å². The molecule has 0 unspecified atom stereocenters. The van der Waals surface area contributed by atoms with E-state index in [1.54, 1.807) is 0 Å². The fourth-order valence-electron chi connectivity index (χ4n) is 3.82. The van der Waals surface area contributed by atoms with E-state index < -0.39 is 0 Å². The summed E-state index contributed by atoms with van der Waals surface area (Å²) < 4.78 is 8.26. The molecule has 1 saturated heterocycles. The molecule has 1 aromatic heterocycles. The molecule has 2 aromatic rings. The third-order valence-corrected chi connectivity index (χ3v) is 5.13. The maximum atomic E-state index is 13.1. The van der Waals surface area contributed by atoms with E-state index in [1.165, 1.54) is 12.8 Å². The number of aromatic nitrogens is 1. The topological polar surface area (TPSA) is 34.5 Å². The zero-order valence-electron chi connectivity index (χ0n) is 13.8. The van der Waals surface area contributed by atoms with Gasteiger partial charge >= 0.3 is 0 Å². The molecule has 0 bridgehead atoms. The standard InChI is InChI=1S/C19H24N2O2/c1-2-15-13-21-16(19(22)20-10-5-3-4-6-11-20)12-14-8-7-9-17(23-15)18(14)21/h7-9,12,15H,2-6,10-11,13H2,1H3/t15-/m0/s1. The van der Waals surface area contributed by atoms with E-state index in [2.05, 4.69) is 17.6 Å². The minimum atomic E-state index is 0.149. The number of rotatable bonds is 2. The molecule has 4 heteroatoms. The molecule has 0 spiro atoms. The van der Waals surface area contributed by atoms with Crippen LogP contribution in [0.1, 0.15) is 49.5 Å². The van der Waals surface area contributed by atoms with Crippen molar-refractivity contribution in [1.82, 2.24) is 9.47 Å². The van der Waals surface area contributed by atoms with Crippen LogP contribution >= 0.6 is 0 Å². The lowest BCUT2D eigenvalue weighted by atomic mass is 10.2. The van der Waals surface area contributed by atoms with E-state index in [0.717, 1.165) is 61.2 Å². The Balaban J connectivity index is 1.76. The molecular formula is C19H24N2O2. The predicted molar refractivity (Wildman–Crippen MR) is 91.0 cm³/mol. The van der Waals surface area contributed by atoms with Crippen LogP contribution in [0.5, 0.6) is 5.75 Å². The van der Waals surface area contributed by atoms with Gasteiger partial charge in [0.15, 0.2) is 0 Å². The van der Waals surface area contributed by atoms with Crippen molar-refractivity contribution in [3.8, 4) is 5.75 Å². The summed E-state index contributed by atoms with van der Waals surface area (Å²) in [7, 11) is 0. The van der Waals surface area contributed by atoms with Gasteiger partial charge < -0.3 is 14.2 Å². The van der Waals surface area contributed by atoms with Crippen molar-refractivity contribution in [2.24, 2.45) is 0 Å². The first-order valence-corrected chi connectivity index (χ1v) is 8.86. The molecular weight excluding hydrogens is 288 g/mol. The molecule has 0 radical (unpaired) electrons. The molecule has 23 heavy (non-hydrogen) atoms. The highest BCUT2D eigenvalue weighted by atomic mass is 16.5. The summed E-state index contributed by atoms with van der Waals surface area (Å²) in [6, 6.07) is 8.15. The van der Waals surface area contributed by atoms with Crippen LogP contribution in [0.25, 0.3) is 10.9 Å². The Bertz CT molecular complexity index is 726. The highest BCUT2D eigenvalue weighted by Crippen LogP contribution is 2.34. The van der Waals surface area contributed by atoms with Gasteiger partial charge in [-0.3, -0.25) is 4.79 Å². The van der Waals surface area contributed by atoms with Crippen LogP contribution in [0.15, 0.2) is 24.3 Å². The first-order valence-electron chi connectivity index (χ1n) is 8.86. The Morgan fingerprint density at radius 1 is 1.22 bits per heavy atom. The number of amides is 1. The van der Waals surface area contributed by atoms with Crippen LogP contribution in [0.3, 0.4) is 0 Å². The van der Waals surface area contributed by atoms with Crippen LogP contribution in [0.4, 0.5) is 0 Å². The molecule has 0 aliphatic carbocycles. The average Bonchev–Trinajstić information content (AvgIpc) is 2.77.